The molecule has 1 unspecified atom stereocenters. The number of pyridine rings is 1. The number of halogens is 1. The van der Waals surface area contributed by atoms with E-state index in [1.165, 1.54) is 17.6 Å². The van der Waals surface area contributed by atoms with Crippen LogP contribution in [0.1, 0.15) is 30.9 Å². The highest BCUT2D eigenvalue weighted by atomic mass is 19.1. The molecule has 1 aromatic heterocycles. The maximum absolute atomic E-state index is 13.7. The first-order valence-electron chi connectivity index (χ1n) is 11.3. The summed E-state index contributed by atoms with van der Waals surface area (Å²) in [5, 5.41) is 4.92. The van der Waals surface area contributed by atoms with Gasteiger partial charge in [-0.15, -0.1) is 0 Å². The van der Waals surface area contributed by atoms with Crippen molar-refractivity contribution in [1.82, 2.24) is 9.88 Å². The van der Waals surface area contributed by atoms with Gasteiger partial charge in [-0.1, -0.05) is 0 Å². The third-order valence-corrected chi connectivity index (χ3v) is 7.13. The Labute approximate surface area is 196 Å². The van der Waals surface area contributed by atoms with E-state index in [9.17, 15) is 9.18 Å². The number of carbonyl (C=O) groups excluding carboxylic acids is 1. The molecule has 1 atom stereocenters. The lowest BCUT2D eigenvalue weighted by Crippen LogP contribution is -2.54. The Bertz CT molecular complexity index is 1180. The van der Waals surface area contributed by atoms with Gasteiger partial charge >= 0.3 is 6.09 Å². The summed E-state index contributed by atoms with van der Waals surface area (Å²) in [6.07, 6.45) is 4.18. The Morgan fingerprint density at radius 1 is 1.44 bits per heavy atom. The molecule has 2 saturated heterocycles. The van der Waals surface area contributed by atoms with Crippen molar-refractivity contribution in [3.63, 3.8) is 0 Å². The summed E-state index contributed by atoms with van der Waals surface area (Å²) in [5.74, 6) is 6.32. The van der Waals surface area contributed by atoms with Crippen molar-refractivity contribution < 1.29 is 23.4 Å². The lowest BCUT2D eigenvalue weighted by Gasteiger charge is -2.43. The second-order valence-electron chi connectivity index (χ2n) is 9.31. The molecule has 4 heterocycles. The molecule has 0 radical (unpaired) electrons. The molecule has 1 saturated carbocycles. The van der Waals surface area contributed by atoms with Crippen molar-refractivity contribution in [3.8, 4) is 5.75 Å². The number of fused-ring (bicyclic) bond motifs is 4. The van der Waals surface area contributed by atoms with Crippen molar-refractivity contribution in [2.45, 2.75) is 50.0 Å². The van der Waals surface area contributed by atoms with Gasteiger partial charge in [-0.05, 0) is 42.7 Å². The van der Waals surface area contributed by atoms with Gasteiger partial charge in [0, 0.05) is 30.6 Å². The summed E-state index contributed by atoms with van der Waals surface area (Å²) < 4.78 is 30.2. The van der Waals surface area contributed by atoms with Crippen LogP contribution in [0.3, 0.4) is 0 Å². The number of hydrogen-bond donors (Lipinski definition) is 1. The van der Waals surface area contributed by atoms with E-state index in [-0.39, 0.29) is 0 Å². The molecule has 6 rings (SSSR count). The third kappa shape index (κ3) is 3.66. The summed E-state index contributed by atoms with van der Waals surface area (Å²) in [6, 6.07) is 5.79. The molecule has 1 amide bonds. The maximum atomic E-state index is 13.7. The number of alkyl halides is 1. The molecular weight excluding hydrogens is 441 g/mol. The molecule has 0 spiro atoms. The molecule has 3 aliphatic heterocycles. The van der Waals surface area contributed by atoms with E-state index in [1.54, 1.807) is 6.21 Å². The van der Waals surface area contributed by atoms with Crippen molar-refractivity contribution in [3.05, 3.63) is 35.5 Å². The van der Waals surface area contributed by atoms with Crippen LogP contribution in [0.5, 0.6) is 5.75 Å². The van der Waals surface area contributed by atoms with Crippen LogP contribution in [0.25, 0.3) is 10.9 Å². The number of carbonyl (C=O) groups is 1. The average molecular weight is 470 g/mol. The van der Waals surface area contributed by atoms with E-state index in [2.05, 4.69) is 15.1 Å². The molecule has 2 N–H and O–H groups in total. The largest absolute Gasteiger partial charge is 0.484 e. The Hall–Kier alpha value is -3.27. The Balaban J connectivity index is 1.31. The minimum absolute atomic E-state index is 0.305. The van der Waals surface area contributed by atoms with Gasteiger partial charge in [-0.25, -0.2) is 9.18 Å². The van der Waals surface area contributed by atoms with Crippen LogP contribution in [0.15, 0.2) is 34.5 Å². The zero-order chi connectivity index (χ0) is 23.9. The quantitative estimate of drug-likeness (QED) is 0.396. The van der Waals surface area contributed by atoms with Crippen molar-refractivity contribution in [2.24, 2.45) is 15.9 Å². The number of rotatable bonds is 6. The highest BCUT2D eigenvalue weighted by Gasteiger charge is 2.67. The van der Waals surface area contributed by atoms with Crippen LogP contribution >= 0.6 is 0 Å². The van der Waals surface area contributed by atoms with Gasteiger partial charge in [-0.3, -0.25) is 14.9 Å². The number of benzene rings is 1. The molecule has 4 aliphatic rings. The number of hydrazone groups is 1. The van der Waals surface area contributed by atoms with Gasteiger partial charge in [0.05, 0.1) is 43.5 Å². The zero-order valence-electron chi connectivity index (χ0n) is 19.3. The number of nitrogens with two attached hydrogens (primary N) is 1. The SMILES string of the molecule is COC(=O)N1CC2(N=C/C(=N\N)C(C)Oc3ccc4ncc5c(c4c3)CCOC5)CC1(CF)C2. The predicted molar refractivity (Wildman–Crippen MR) is 125 cm³/mol. The van der Waals surface area contributed by atoms with E-state index in [1.807, 2.05) is 31.3 Å². The molecule has 34 heavy (non-hydrogen) atoms. The van der Waals surface area contributed by atoms with Gasteiger partial charge < -0.3 is 20.1 Å². The average Bonchev–Trinajstić information content (AvgIpc) is 3.35. The topological polar surface area (TPSA) is 112 Å². The minimum Gasteiger partial charge on any atom is -0.484 e. The normalized spacial score (nSPS) is 26.9. The number of nitrogens with zero attached hydrogens (tertiary/aromatic N) is 4. The number of aliphatic imine (C=N–C) groups is 1. The number of ether oxygens (including phenoxy) is 3. The van der Waals surface area contributed by atoms with Gasteiger partial charge in [0.2, 0.25) is 0 Å². The predicted octanol–water partition coefficient (Wildman–Crippen LogP) is 2.78. The van der Waals surface area contributed by atoms with Crippen LogP contribution in [0.4, 0.5) is 9.18 Å². The molecule has 10 heteroatoms. The van der Waals surface area contributed by atoms with Crippen LogP contribution in [0.2, 0.25) is 0 Å². The van der Waals surface area contributed by atoms with Gasteiger partial charge in [0.1, 0.15) is 24.2 Å². The van der Waals surface area contributed by atoms with Gasteiger partial charge in [0.25, 0.3) is 0 Å². The first-order valence-corrected chi connectivity index (χ1v) is 11.3. The van der Waals surface area contributed by atoms with Crippen LogP contribution < -0.4 is 10.6 Å². The molecule has 3 fully saturated rings. The van der Waals surface area contributed by atoms with E-state index in [4.69, 9.17) is 20.1 Å². The summed E-state index contributed by atoms with van der Waals surface area (Å²) in [4.78, 5) is 22.7. The number of hydrogen-bond acceptors (Lipinski definition) is 8. The first kappa shape index (κ1) is 22.5. The molecular formula is C24H28FN5O4. The number of amides is 1. The minimum atomic E-state index is -0.824. The van der Waals surface area contributed by atoms with Crippen LogP contribution in [-0.2, 0) is 22.5 Å². The van der Waals surface area contributed by atoms with Crippen LogP contribution in [0, 0.1) is 0 Å². The summed E-state index contributed by atoms with van der Waals surface area (Å²) in [7, 11) is 1.30. The molecule has 9 nitrogen and oxygen atoms in total. The van der Waals surface area contributed by atoms with E-state index in [0.717, 1.165) is 22.9 Å². The zero-order valence-corrected chi connectivity index (χ0v) is 19.3. The van der Waals surface area contributed by atoms with Crippen LogP contribution in [-0.4, -0.2) is 72.0 Å². The molecule has 1 aliphatic carbocycles. The third-order valence-electron chi connectivity index (χ3n) is 7.13. The summed E-state index contributed by atoms with van der Waals surface area (Å²) in [6.45, 7) is 2.78. The summed E-state index contributed by atoms with van der Waals surface area (Å²) in [5.41, 5.74) is 2.32. The highest BCUT2D eigenvalue weighted by Crippen LogP contribution is 2.56. The van der Waals surface area contributed by atoms with Crippen molar-refractivity contribution in [1.29, 1.82) is 0 Å². The second-order valence-corrected chi connectivity index (χ2v) is 9.31. The lowest BCUT2D eigenvalue weighted by atomic mass is 9.68. The van der Waals surface area contributed by atoms with Crippen molar-refractivity contribution >= 4 is 28.9 Å². The second kappa shape index (κ2) is 8.50. The Morgan fingerprint density at radius 2 is 2.26 bits per heavy atom. The fourth-order valence-electron chi connectivity index (χ4n) is 5.43. The first-order chi connectivity index (χ1) is 16.4. The highest BCUT2D eigenvalue weighted by molar-refractivity contribution is 6.32. The molecule has 180 valence electrons. The molecule has 2 aromatic rings. The fourth-order valence-corrected chi connectivity index (χ4v) is 5.43. The number of aromatic nitrogens is 1. The Kier molecular flexibility index (Phi) is 5.63. The standard InChI is InChI=1S/C24H28FN5O4/c1-15(34-17-3-4-20-19(7-17)18-5-6-33-10-16(18)8-27-20)21(29-26)9-28-23-11-24(12-23,13-25)30(14-23)22(31)32-2/h3-4,7-9,15H,5-6,10-14,26H2,1-2H3/b28-9?,29-21+. The smallest absolute Gasteiger partial charge is 0.410 e. The van der Waals surface area contributed by atoms with E-state index >= 15 is 0 Å². The van der Waals surface area contributed by atoms with E-state index in [0.29, 0.717) is 44.1 Å². The maximum Gasteiger partial charge on any atom is 0.410 e. The van der Waals surface area contributed by atoms with Gasteiger partial charge in [0.15, 0.2) is 0 Å². The molecule has 2 bridgehead atoms. The Morgan fingerprint density at radius 3 is 3.00 bits per heavy atom. The van der Waals surface area contributed by atoms with E-state index < -0.39 is 29.9 Å². The monoisotopic (exact) mass is 469 g/mol. The lowest BCUT2D eigenvalue weighted by molar-refractivity contribution is 0.0546. The van der Waals surface area contributed by atoms with Gasteiger partial charge in [-0.2, -0.15) is 5.10 Å². The number of methoxy groups -OCH3 is 1. The fraction of sp³-hybridized carbons (Fsp3) is 0.500. The van der Waals surface area contributed by atoms with Crippen molar-refractivity contribution in [2.75, 3.05) is 26.9 Å². The molecule has 1 aromatic carbocycles. The summed E-state index contributed by atoms with van der Waals surface area (Å²) >= 11 is 0.